The minimum atomic E-state index is -6.15. The van der Waals surface area contributed by atoms with Gasteiger partial charge in [-0.1, -0.05) is 0 Å². The summed E-state index contributed by atoms with van der Waals surface area (Å²) in [6.45, 7) is 5.67. The number of carbonyl (C=O) groups is 3. The molecule has 0 aromatic rings. The molecule has 0 spiro atoms. The van der Waals surface area contributed by atoms with Gasteiger partial charge in [0.2, 0.25) is 0 Å². The Kier molecular flexibility index (Phi) is 7.58. The van der Waals surface area contributed by atoms with Crippen LogP contribution in [0.1, 0.15) is 34.1 Å². The van der Waals surface area contributed by atoms with Crippen LogP contribution in [0.25, 0.3) is 0 Å². The van der Waals surface area contributed by atoms with Crippen molar-refractivity contribution < 1.29 is 45.8 Å². The van der Waals surface area contributed by atoms with Crippen molar-refractivity contribution in [2.45, 2.75) is 64.5 Å². The Labute approximate surface area is 134 Å². The van der Waals surface area contributed by atoms with Crippen LogP contribution in [-0.2, 0) is 23.9 Å². The van der Waals surface area contributed by atoms with Crippen molar-refractivity contribution in [3.05, 3.63) is 0 Å². The van der Waals surface area contributed by atoms with Gasteiger partial charge in [-0.2, -0.15) is 22.0 Å². The van der Waals surface area contributed by atoms with E-state index in [1.807, 2.05) is 0 Å². The van der Waals surface area contributed by atoms with Crippen LogP contribution in [0.2, 0.25) is 0 Å². The number of carbonyl (C=O) groups excluding carboxylic acids is 3. The third-order valence-corrected chi connectivity index (χ3v) is 2.32. The van der Waals surface area contributed by atoms with Crippen molar-refractivity contribution >= 4 is 17.8 Å². The van der Waals surface area contributed by atoms with Gasteiger partial charge in [0, 0.05) is 0 Å². The summed E-state index contributed by atoms with van der Waals surface area (Å²) in [4.78, 5) is 34.4. The van der Waals surface area contributed by atoms with E-state index in [1.54, 1.807) is 0 Å². The van der Waals surface area contributed by atoms with Gasteiger partial charge in [0.05, 0.1) is 18.6 Å². The Bertz CT molecular complexity index is 476. The lowest BCUT2D eigenvalue weighted by Gasteiger charge is -2.23. The minimum absolute atomic E-state index is 0.619. The summed E-state index contributed by atoms with van der Waals surface area (Å²) in [7, 11) is 0. The van der Waals surface area contributed by atoms with Gasteiger partial charge in [0.15, 0.2) is 0 Å². The highest BCUT2D eigenvalue weighted by Gasteiger charge is 2.63. The SMILES string of the molecule is CC(C)OC(=O)C[C@H](NC(=O)C(F)(F)C(F)(F)F)C(=O)OC(C)C. The van der Waals surface area contributed by atoms with Crippen LogP contribution in [0.15, 0.2) is 0 Å². The maximum atomic E-state index is 13.0. The number of hydrogen-bond donors (Lipinski definition) is 1. The molecule has 0 unspecified atom stereocenters. The molecule has 0 bridgehead atoms. The second-order valence-electron chi connectivity index (χ2n) is 5.33. The van der Waals surface area contributed by atoms with Gasteiger partial charge in [0.1, 0.15) is 6.04 Å². The predicted molar refractivity (Wildman–Crippen MR) is 70.0 cm³/mol. The highest BCUT2D eigenvalue weighted by molar-refractivity contribution is 5.91. The van der Waals surface area contributed by atoms with Crippen molar-refractivity contribution in [1.29, 1.82) is 0 Å². The van der Waals surface area contributed by atoms with Gasteiger partial charge >= 0.3 is 29.9 Å². The number of nitrogens with one attached hydrogen (secondary N) is 1. The molecule has 24 heavy (non-hydrogen) atoms. The monoisotopic (exact) mass is 363 g/mol. The van der Waals surface area contributed by atoms with Crippen molar-refractivity contribution in [2.75, 3.05) is 0 Å². The maximum absolute atomic E-state index is 13.0. The highest BCUT2D eigenvalue weighted by atomic mass is 19.4. The average Bonchev–Trinajstić information content (AvgIpc) is 2.34. The molecule has 0 saturated heterocycles. The molecule has 1 N–H and O–H groups in total. The molecule has 0 aromatic carbocycles. The fourth-order valence-electron chi connectivity index (χ4n) is 1.36. The molecule has 0 saturated carbocycles. The molecular formula is C13H18F5NO5. The van der Waals surface area contributed by atoms with Gasteiger partial charge < -0.3 is 14.8 Å². The standard InChI is InChI=1S/C13H18F5NO5/c1-6(2)23-9(20)5-8(10(21)24-7(3)4)19-11(22)12(14,15)13(16,17)18/h6-8H,5H2,1-4H3,(H,19,22)/t8-/m0/s1. The van der Waals surface area contributed by atoms with Crippen LogP contribution in [-0.4, -0.2) is 48.2 Å². The lowest BCUT2D eigenvalue weighted by atomic mass is 10.2. The first kappa shape index (κ1) is 22.1. The summed E-state index contributed by atoms with van der Waals surface area (Å²) in [6.07, 6.45) is -8.47. The van der Waals surface area contributed by atoms with Gasteiger partial charge in [0.25, 0.3) is 0 Å². The Balaban J connectivity index is 5.23. The Morgan fingerprint density at radius 3 is 1.75 bits per heavy atom. The molecule has 0 heterocycles. The highest BCUT2D eigenvalue weighted by Crippen LogP contribution is 2.35. The van der Waals surface area contributed by atoms with Crippen LogP contribution in [0.4, 0.5) is 22.0 Å². The zero-order chi connectivity index (χ0) is 19.3. The van der Waals surface area contributed by atoms with Gasteiger partial charge in [-0.3, -0.25) is 9.59 Å². The predicted octanol–water partition coefficient (Wildman–Crippen LogP) is 1.96. The molecule has 0 rings (SSSR count). The fraction of sp³-hybridized carbons (Fsp3) is 0.769. The Morgan fingerprint density at radius 2 is 1.38 bits per heavy atom. The van der Waals surface area contributed by atoms with Crippen LogP contribution in [0, 0.1) is 0 Å². The van der Waals surface area contributed by atoms with Crippen molar-refractivity contribution in [3.8, 4) is 0 Å². The topological polar surface area (TPSA) is 81.7 Å². The number of rotatable bonds is 7. The van der Waals surface area contributed by atoms with Crippen LogP contribution >= 0.6 is 0 Å². The first-order valence-corrected chi connectivity index (χ1v) is 6.84. The quantitative estimate of drug-likeness (QED) is 0.552. The second kappa shape index (κ2) is 8.25. The summed E-state index contributed by atoms with van der Waals surface area (Å²) in [5.74, 6) is -10.9. The molecule has 0 fully saturated rings. The third kappa shape index (κ3) is 6.67. The lowest BCUT2D eigenvalue weighted by molar-refractivity contribution is -0.270. The van der Waals surface area contributed by atoms with E-state index in [0.717, 1.165) is 0 Å². The Hall–Kier alpha value is -1.94. The van der Waals surface area contributed by atoms with Gasteiger partial charge in [-0.25, -0.2) is 4.79 Å². The molecule has 0 aliphatic rings. The average molecular weight is 363 g/mol. The summed E-state index contributed by atoms with van der Waals surface area (Å²) in [5, 5.41) is 1.19. The number of hydrogen-bond acceptors (Lipinski definition) is 5. The Morgan fingerprint density at radius 1 is 0.917 bits per heavy atom. The van der Waals surface area contributed by atoms with E-state index in [4.69, 9.17) is 0 Å². The summed E-state index contributed by atoms with van der Waals surface area (Å²) < 4.78 is 71.7. The maximum Gasteiger partial charge on any atom is 0.463 e. The van der Waals surface area contributed by atoms with E-state index in [9.17, 15) is 36.3 Å². The van der Waals surface area contributed by atoms with E-state index in [0.29, 0.717) is 0 Å². The molecule has 11 heteroatoms. The van der Waals surface area contributed by atoms with Crippen molar-refractivity contribution in [3.63, 3.8) is 0 Å². The first-order valence-electron chi connectivity index (χ1n) is 6.84. The zero-order valence-corrected chi connectivity index (χ0v) is 13.4. The number of halogens is 5. The zero-order valence-electron chi connectivity index (χ0n) is 13.4. The van der Waals surface area contributed by atoms with Crippen LogP contribution in [0.3, 0.4) is 0 Å². The molecule has 6 nitrogen and oxygen atoms in total. The summed E-state index contributed by atoms with van der Waals surface area (Å²) in [6, 6.07) is -2.04. The molecule has 1 atom stereocenters. The largest absolute Gasteiger partial charge is 0.463 e. The molecule has 1 amide bonds. The van der Waals surface area contributed by atoms with E-state index in [1.165, 1.54) is 33.0 Å². The molecule has 0 radical (unpaired) electrons. The van der Waals surface area contributed by atoms with E-state index in [-0.39, 0.29) is 0 Å². The normalized spacial score (nSPS) is 13.6. The summed E-state index contributed by atoms with van der Waals surface area (Å²) in [5.41, 5.74) is 0. The third-order valence-electron chi connectivity index (χ3n) is 2.32. The minimum Gasteiger partial charge on any atom is -0.463 e. The van der Waals surface area contributed by atoms with Gasteiger partial charge in [-0.05, 0) is 27.7 Å². The van der Waals surface area contributed by atoms with Crippen molar-refractivity contribution in [2.24, 2.45) is 0 Å². The number of esters is 2. The molecule has 0 aliphatic heterocycles. The molecule has 140 valence electrons. The number of alkyl halides is 5. The molecule has 0 aliphatic carbocycles. The van der Waals surface area contributed by atoms with Gasteiger partial charge in [-0.15, -0.1) is 0 Å². The summed E-state index contributed by atoms with van der Waals surface area (Å²) >= 11 is 0. The van der Waals surface area contributed by atoms with Crippen LogP contribution < -0.4 is 5.32 Å². The van der Waals surface area contributed by atoms with Crippen LogP contribution in [0.5, 0.6) is 0 Å². The van der Waals surface area contributed by atoms with E-state index in [2.05, 4.69) is 9.47 Å². The lowest BCUT2D eigenvalue weighted by Crippen LogP contribution is -2.55. The molecular weight excluding hydrogens is 345 g/mol. The van der Waals surface area contributed by atoms with Crippen molar-refractivity contribution in [1.82, 2.24) is 5.32 Å². The smallest absolute Gasteiger partial charge is 0.463 e. The second-order valence-corrected chi connectivity index (χ2v) is 5.33. The fourth-order valence-corrected chi connectivity index (χ4v) is 1.36. The number of amides is 1. The molecule has 0 aromatic heterocycles. The first-order chi connectivity index (χ1) is 10.7. The number of ether oxygens (including phenoxy) is 2. The van der Waals surface area contributed by atoms with E-state index >= 15 is 0 Å². The van der Waals surface area contributed by atoms with E-state index < -0.39 is 54.6 Å².